The summed E-state index contributed by atoms with van der Waals surface area (Å²) in [5.74, 6) is -1.49. The maximum absolute atomic E-state index is 12.1. The van der Waals surface area contributed by atoms with Gasteiger partial charge < -0.3 is 10.1 Å². The predicted molar refractivity (Wildman–Crippen MR) is 74.0 cm³/mol. The standard InChI is InChI=1S/C15H19NO4/c1-3-20-15(19)14(16-11(2)17)13(18)10-9-12-7-5-4-6-8-12/h4-8,14H,3,9-10H2,1-2H3,(H,16,17). The lowest BCUT2D eigenvalue weighted by atomic mass is 10.0. The van der Waals surface area contributed by atoms with Gasteiger partial charge in [0.1, 0.15) is 0 Å². The lowest BCUT2D eigenvalue weighted by Crippen LogP contribution is -2.46. The Kier molecular flexibility index (Phi) is 6.43. The third-order valence-electron chi connectivity index (χ3n) is 2.69. The molecular formula is C15H19NO4. The summed E-state index contributed by atoms with van der Waals surface area (Å²) in [5, 5.41) is 2.34. The Balaban J connectivity index is 2.63. The molecular weight excluding hydrogens is 258 g/mol. The quantitative estimate of drug-likeness (QED) is 0.601. The summed E-state index contributed by atoms with van der Waals surface area (Å²) in [6.07, 6.45) is 0.697. The fourth-order valence-electron chi connectivity index (χ4n) is 1.76. The largest absolute Gasteiger partial charge is 0.464 e. The normalized spacial score (nSPS) is 11.5. The second kappa shape index (κ2) is 8.09. The van der Waals surface area contributed by atoms with Gasteiger partial charge in [0.05, 0.1) is 6.61 Å². The van der Waals surface area contributed by atoms with Gasteiger partial charge in [-0.3, -0.25) is 9.59 Å². The zero-order valence-corrected chi connectivity index (χ0v) is 11.7. The highest BCUT2D eigenvalue weighted by atomic mass is 16.5. The van der Waals surface area contributed by atoms with Crippen molar-refractivity contribution in [3.8, 4) is 0 Å². The molecule has 1 N–H and O–H groups in total. The highest BCUT2D eigenvalue weighted by Crippen LogP contribution is 2.05. The molecule has 108 valence electrons. The van der Waals surface area contributed by atoms with Crippen LogP contribution in [0, 0.1) is 0 Å². The molecule has 0 bridgehead atoms. The molecule has 0 heterocycles. The maximum Gasteiger partial charge on any atom is 0.336 e. The van der Waals surface area contributed by atoms with Crippen molar-refractivity contribution in [2.75, 3.05) is 6.61 Å². The van der Waals surface area contributed by atoms with Gasteiger partial charge in [-0.25, -0.2) is 4.79 Å². The Labute approximate surface area is 118 Å². The van der Waals surface area contributed by atoms with Crippen molar-refractivity contribution in [1.82, 2.24) is 5.32 Å². The Morgan fingerprint density at radius 1 is 1.20 bits per heavy atom. The first-order chi connectivity index (χ1) is 9.54. The van der Waals surface area contributed by atoms with E-state index in [-0.39, 0.29) is 18.8 Å². The number of carbonyl (C=O) groups excluding carboxylic acids is 3. The van der Waals surface area contributed by atoms with E-state index in [1.807, 2.05) is 30.3 Å². The fraction of sp³-hybridized carbons (Fsp3) is 0.400. The molecule has 5 nitrogen and oxygen atoms in total. The number of ether oxygens (including phenoxy) is 1. The Morgan fingerprint density at radius 3 is 2.40 bits per heavy atom. The fourth-order valence-corrected chi connectivity index (χ4v) is 1.76. The van der Waals surface area contributed by atoms with Gasteiger partial charge in [-0.1, -0.05) is 30.3 Å². The van der Waals surface area contributed by atoms with Gasteiger partial charge >= 0.3 is 5.97 Å². The molecule has 0 saturated carbocycles. The summed E-state index contributed by atoms with van der Waals surface area (Å²) in [6, 6.07) is 8.27. The molecule has 0 aliphatic rings. The molecule has 0 saturated heterocycles. The first-order valence-electron chi connectivity index (χ1n) is 6.55. The summed E-state index contributed by atoms with van der Waals surface area (Å²) < 4.78 is 4.80. The zero-order valence-electron chi connectivity index (χ0n) is 11.7. The van der Waals surface area contributed by atoms with Crippen LogP contribution in [0.2, 0.25) is 0 Å². The number of esters is 1. The second-order valence-electron chi connectivity index (χ2n) is 4.34. The van der Waals surface area contributed by atoms with Crippen molar-refractivity contribution in [2.24, 2.45) is 0 Å². The molecule has 20 heavy (non-hydrogen) atoms. The van der Waals surface area contributed by atoms with Crippen LogP contribution in [-0.4, -0.2) is 30.3 Å². The van der Waals surface area contributed by atoms with Crippen LogP contribution in [0.4, 0.5) is 0 Å². The average Bonchev–Trinajstić information content (AvgIpc) is 2.43. The molecule has 0 aromatic heterocycles. The molecule has 1 atom stereocenters. The van der Waals surface area contributed by atoms with Crippen molar-refractivity contribution < 1.29 is 19.1 Å². The lowest BCUT2D eigenvalue weighted by molar-refractivity contribution is -0.150. The number of hydrogen-bond acceptors (Lipinski definition) is 4. The molecule has 0 radical (unpaired) electrons. The van der Waals surface area contributed by atoms with Crippen molar-refractivity contribution in [1.29, 1.82) is 0 Å². The minimum absolute atomic E-state index is 0.168. The van der Waals surface area contributed by atoms with Crippen LogP contribution in [0.1, 0.15) is 25.8 Å². The molecule has 0 aliphatic heterocycles. The number of aryl methyl sites for hydroxylation is 1. The highest BCUT2D eigenvalue weighted by molar-refractivity contribution is 6.05. The maximum atomic E-state index is 12.1. The van der Waals surface area contributed by atoms with Crippen molar-refractivity contribution >= 4 is 17.7 Å². The number of amides is 1. The minimum Gasteiger partial charge on any atom is -0.464 e. The molecule has 1 amide bonds. The van der Waals surface area contributed by atoms with E-state index in [0.717, 1.165) is 5.56 Å². The Hall–Kier alpha value is -2.17. The number of ketones is 1. The lowest BCUT2D eigenvalue weighted by Gasteiger charge is -2.15. The summed E-state index contributed by atoms with van der Waals surface area (Å²) in [7, 11) is 0. The van der Waals surface area contributed by atoms with Gasteiger partial charge in [-0.05, 0) is 18.9 Å². The van der Waals surface area contributed by atoms with E-state index in [1.54, 1.807) is 6.92 Å². The molecule has 1 aromatic carbocycles. The number of rotatable bonds is 7. The van der Waals surface area contributed by atoms with E-state index < -0.39 is 17.9 Å². The highest BCUT2D eigenvalue weighted by Gasteiger charge is 2.28. The predicted octanol–water partition coefficient (Wildman–Crippen LogP) is 1.26. The summed E-state index contributed by atoms with van der Waals surface area (Å²) in [6.45, 7) is 3.08. The summed E-state index contributed by atoms with van der Waals surface area (Å²) >= 11 is 0. The van der Waals surface area contributed by atoms with Crippen molar-refractivity contribution in [3.63, 3.8) is 0 Å². The number of benzene rings is 1. The second-order valence-corrected chi connectivity index (χ2v) is 4.34. The zero-order chi connectivity index (χ0) is 15.0. The van der Waals surface area contributed by atoms with Crippen LogP contribution in [-0.2, 0) is 25.5 Å². The summed E-state index contributed by atoms with van der Waals surface area (Å²) in [5.41, 5.74) is 1.01. The molecule has 0 fully saturated rings. The van der Waals surface area contributed by atoms with E-state index in [9.17, 15) is 14.4 Å². The van der Waals surface area contributed by atoms with Gasteiger partial charge in [0, 0.05) is 13.3 Å². The van der Waals surface area contributed by atoms with Crippen molar-refractivity contribution in [3.05, 3.63) is 35.9 Å². The Morgan fingerprint density at radius 2 is 1.85 bits per heavy atom. The molecule has 1 rings (SSSR count). The van der Waals surface area contributed by atoms with Crippen LogP contribution in [0.25, 0.3) is 0 Å². The first-order valence-corrected chi connectivity index (χ1v) is 6.55. The van der Waals surface area contributed by atoms with Crippen LogP contribution < -0.4 is 5.32 Å². The van der Waals surface area contributed by atoms with Gasteiger partial charge in [-0.2, -0.15) is 0 Å². The van der Waals surface area contributed by atoms with E-state index in [4.69, 9.17) is 4.74 Å². The molecule has 0 aliphatic carbocycles. The van der Waals surface area contributed by atoms with E-state index in [0.29, 0.717) is 6.42 Å². The smallest absolute Gasteiger partial charge is 0.336 e. The SMILES string of the molecule is CCOC(=O)C(NC(C)=O)C(=O)CCc1ccccc1. The number of carbonyl (C=O) groups is 3. The van der Waals surface area contributed by atoms with Crippen molar-refractivity contribution in [2.45, 2.75) is 32.7 Å². The molecule has 5 heteroatoms. The molecule has 1 unspecified atom stereocenters. The summed E-state index contributed by atoms with van der Waals surface area (Å²) in [4.78, 5) is 34.8. The van der Waals surface area contributed by atoms with E-state index >= 15 is 0 Å². The van der Waals surface area contributed by atoms with Gasteiger partial charge in [0.15, 0.2) is 11.8 Å². The van der Waals surface area contributed by atoms with Crippen LogP contribution in [0.3, 0.4) is 0 Å². The van der Waals surface area contributed by atoms with E-state index in [1.165, 1.54) is 6.92 Å². The Bertz CT molecular complexity index is 470. The average molecular weight is 277 g/mol. The van der Waals surface area contributed by atoms with E-state index in [2.05, 4.69) is 5.32 Å². The third-order valence-corrected chi connectivity index (χ3v) is 2.69. The molecule has 1 aromatic rings. The first kappa shape index (κ1) is 15.9. The van der Waals surface area contributed by atoms with Crippen LogP contribution >= 0.6 is 0 Å². The minimum atomic E-state index is -1.21. The third kappa shape index (κ3) is 5.22. The van der Waals surface area contributed by atoms with Crippen LogP contribution in [0.5, 0.6) is 0 Å². The molecule has 0 spiro atoms. The van der Waals surface area contributed by atoms with Gasteiger partial charge in [-0.15, -0.1) is 0 Å². The topological polar surface area (TPSA) is 72.5 Å². The monoisotopic (exact) mass is 277 g/mol. The van der Waals surface area contributed by atoms with Crippen LogP contribution in [0.15, 0.2) is 30.3 Å². The number of hydrogen-bond donors (Lipinski definition) is 1. The van der Waals surface area contributed by atoms with Gasteiger partial charge in [0.2, 0.25) is 5.91 Å². The number of Topliss-reactive ketones (excluding diaryl/α,β-unsaturated/α-hetero) is 1. The number of nitrogens with one attached hydrogen (secondary N) is 1. The van der Waals surface area contributed by atoms with Gasteiger partial charge in [0.25, 0.3) is 0 Å².